The van der Waals surface area contributed by atoms with E-state index in [1.807, 2.05) is 0 Å². The van der Waals surface area contributed by atoms with Crippen LogP contribution in [-0.4, -0.2) is 5.38 Å². The fourth-order valence-electron chi connectivity index (χ4n) is 1.39. The first-order chi connectivity index (χ1) is 7.16. The van der Waals surface area contributed by atoms with Crippen molar-refractivity contribution in [3.05, 3.63) is 54.0 Å². The predicted molar refractivity (Wildman–Crippen MR) is 59.6 cm³/mol. The number of hydrogen-bond acceptors (Lipinski definition) is 1. The molecule has 0 bridgehead atoms. The maximum atomic E-state index is 12.7. The van der Waals surface area contributed by atoms with E-state index in [-0.39, 0.29) is 43.9 Å². The van der Waals surface area contributed by atoms with E-state index in [2.05, 4.69) is 18.0 Å². The standard InChI is InChI=1S/C12H10ClFN.Y/c1-8-11(13)6-7-12(15-8)9-2-4-10(14)5-3-9;/h2-5,11,15H,1,6H2;/q-1;. The van der Waals surface area contributed by atoms with E-state index in [9.17, 15) is 4.39 Å². The quantitative estimate of drug-likeness (QED) is 0.621. The SMILES string of the molecule is C=C1NC(c2ccc(F)cc2)=[C-]CC1Cl.[Y]. The minimum atomic E-state index is -0.246. The molecule has 1 aromatic carbocycles. The van der Waals surface area contributed by atoms with E-state index >= 15 is 0 Å². The van der Waals surface area contributed by atoms with Crippen LogP contribution >= 0.6 is 11.6 Å². The summed E-state index contributed by atoms with van der Waals surface area (Å²) >= 11 is 5.95. The molecule has 16 heavy (non-hydrogen) atoms. The molecule has 81 valence electrons. The molecule has 1 aliphatic heterocycles. The van der Waals surface area contributed by atoms with Crippen LogP contribution in [0.4, 0.5) is 4.39 Å². The topological polar surface area (TPSA) is 12.0 Å². The van der Waals surface area contributed by atoms with Crippen molar-refractivity contribution in [3.8, 4) is 0 Å². The molecule has 1 unspecified atom stereocenters. The average molecular weight is 312 g/mol. The number of halogens is 2. The third-order valence-corrected chi connectivity index (χ3v) is 2.67. The molecule has 4 heteroatoms. The summed E-state index contributed by atoms with van der Waals surface area (Å²) in [6, 6.07) is 6.24. The summed E-state index contributed by atoms with van der Waals surface area (Å²) in [5, 5.41) is 2.94. The molecule has 1 aromatic rings. The first-order valence-corrected chi connectivity index (χ1v) is 5.07. The maximum Gasteiger partial charge on any atom is 0.120 e. The molecule has 0 saturated heterocycles. The van der Waals surface area contributed by atoms with Gasteiger partial charge in [0.2, 0.25) is 0 Å². The van der Waals surface area contributed by atoms with Crippen molar-refractivity contribution in [2.45, 2.75) is 11.8 Å². The van der Waals surface area contributed by atoms with Gasteiger partial charge in [-0.05, 0) is 12.1 Å². The van der Waals surface area contributed by atoms with Crippen molar-refractivity contribution in [1.82, 2.24) is 5.32 Å². The van der Waals surface area contributed by atoms with Crippen LogP contribution in [0, 0.1) is 11.9 Å². The Bertz CT molecular complexity index is 414. The van der Waals surface area contributed by atoms with E-state index in [1.165, 1.54) is 12.1 Å². The van der Waals surface area contributed by atoms with E-state index in [1.54, 1.807) is 12.1 Å². The van der Waals surface area contributed by atoms with E-state index in [0.29, 0.717) is 6.42 Å². The van der Waals surface area contributed by atoms with Crippen LogP contribution in [0.25, 0.3) is 5.70 Å². The zero-order valence-corrected chi connectivity index (χ0v) is 12.2. The van der Waals surface area contributed by atoms with Gasteiger partial charge in [0.15, 0.2) is 0 Å². The van der Waals surface area contributed by atoms with Gasteiger partial charge in [0.25, 0.3) is 0 Å². The first-order valence-electron chi connectivity index (χ1n) is 4.63. The minimum Gasteiger partial charge on any atom is -0.392 e. The third kappa shape index (κ3) is 3.16. The zero-order valence-electron chi connectivity index (χ0n) is 8.63. The number of rotatable bonds is 1. The molecule has 0 amide bonds. The Balaban J connectivity index is 0.00000128. The van der Waals surface area contributed by atoms with Gasteiger partial charge < -0.3 is 5.32 Å². The van der Waals surface area contributed by atoms with Gasteiger partial charge in [0, 0.05) is 38.4 Å². The largest absolute Gasteiger partial charge is 0.392 e. The summed E-state index contributed by atoms with van der Waals surface area (Å²) in [4.78, 5) is 0. The van der Waals surface area contributed by atoms with Crippen molar-refractivity contribution in [1.29, 1.82) is 0 Å². The van der Waals surface area contributed by atoms with Gasteiger partial charge in [-0.2, -0.15) is 5.56 Å². The van der Waals surface area contributed by atoms with Gasteiger partial charge in [-0.1, -0.05) is 13.0 Å². The molecular weight excluding hydrogens is 301 g/mol. The number of hydrogen-bond donors (Lipinski definition) is 1. The summed E-state index contributed by atoms with van der Waals surface area (Å²) in [5.41, 5.74) is 2.47. The predicted octanol–water partition coefficient (Wildman–Crippen LogP) is 3.08. The van der Waals surface area contributed by atoms with Crippen LogP contribution in [0.1, 0.15) is 12.0 Å². The van der Waals surface area contributed by atoms with Gasteiger partial charge >= 0.3 is 0 Å². The molecular formula is C12H10ClFNY-. The van der Waals surface area contributed by atoms with Crippen molar-refractivity contribution in [3.63, 3.8) is 0 Å². The van der Waals surface area contributed by atoms with Crippen molar-refractivity contribution in [2.24, 2.45) is 0 Å². The van der Waals surface area contributed by atoms with Gasteiger partial charge in [-0.3, -0.25) is 0 Å². The summed E-state index contributed by atoms with van der Waals surface area (Å²) in [5.74, 6) is -0.246. The normalized spacial score (nSPS) is 19.5. The first kappa shape index (κ1) is 13.9. The number of benzene rings is 1. The maximum absolute atomic E-state index is 12.7. The molecule has 1 aliphatic rings. The zero-order chi connectivity index (χ0) is 10.8. The molecule has 1 N–H and O–H groups in total. The fraction of sp³-hybridized carbons (Fsp3) is 0.167. The van der Waals surface area contributed by atoms with Crippen LogP contribution in [0.5, 0.6) is 0 Å². The third-order valence-electron chi connectivity index (χ3n) is 2.25. The Hall–Kier alpha value is -0.176. The summed E-state index contributed by atoms with van der Waals surface area (Å²) in [6.45, 7) is 3.81. The monoisotopic (exact) mass is 311 g/mol. The summed E-state index contributed by atoms with van der Waals surface area (Å²) in [7, 11) is 0. The Morgan fingerprint density at radius 3 is 2.56 bits per heavy atom. The second kappa shape index (κ2) is 5.95. The molecule has 0 saturated carbocycles. The molecule has 0 aromatic heterocycles. The van der Waals surface area contributed by atoms with E-state index in [0.717, 1.165) is 17.0 Å². The molecule has 0 fully saturated rings. The Morgan fingerprint density at radius 2 is 2.00 bits per heavy atom. The van der Waals surface area contributed by atoms with Gasteiger partial charge in [-0.15, -0.1) is 29.4 Å². The summed E-state index contributed by atoms with van der Waals surface area (Å²) in [6.07, 6.45) is 3.75. The number of nitrogens with one attached hydrogen (secondary N) is 1. The van der Waals surface area contributed by atoms with E-state index in [4.69, 9.17) is 11.6 Å². The van der Waals surface area contributed by atoms with Crippen LogP contribution in [0.2, 0.25) is 0 Å². The van der Waals surface area contributed by atoms with Gasteiger partial charge in [0.05, 0.1) is 5.38 Å². The van der Waals surface area contributed by atoms with Crippen LogP contribution in [0.3, 0.4) is 0 Å². The number of allylic oxidation sites excluding steroid dienone is 2. The second-order valence-corrected chi connectivity index (χ2v) is 3.91. The molecule has 1 heterocycles. The Kier molecular flexibility index (Phi) is 5.16. The molecule has 1 atom stereocenters. The van der Waals surface area contributed by atoms with Crippen molar-refractivity contribution >= 4 is 17.3 Å². The van der Waals surface area contributed by atoms with Gasteiger partial charge in [-0.25, -0.2) is 10.5 Å². The van der Waals surface area contributed by atoms with Crippen LogP contribution in [-0.2, 0) is 32.7 Å². The Labute approximate surface area is 125 Å². The van der Waals surface area contributed by atoms with Crippen molar-refractivity contribution < 1.29 is 37.1 Å². The van der Waals surface area contributed by atoms with Crippen molar-refractivity contribution in [2.75, 3.05) is 0 Å². The average Bonchev–Trinajstić information content (AvgIpc) is 2.23. The Morgan fingerprint density at radius 1 is 1.38 bits per heavy atom. The van der Waals surface area contributed by atoms with E-state index < -0.39 is 0 Å². The molecule has 1 radical (unpaired) electrons. The molecule has 0 aliphatic carbocycles. The fourth-order valence-corrected chi connectivity index (χ4v) is 1.52. The molecule has 2 rings (SSSR count). The summed E-state index contributed by atoms with van der Waals surface area (Å²) < 4.78 is 12.7. The second-order valence-electron chi connectivity index (χ2n) is 3.38. The minimum absolute atomic E-state index is 0. The van der Waals surface area contributed by atoms with Gasteiger partial charge in [0.1, 0.15) is 5.82 Å². The number of alkyl halides is 1. The molecule has 1 nitrogen and oxygen atoms in total. The van der Waals surface area contributed by atoms with Crippen LogP contribution in [0.15, 0.2) is 36.5 Å². The molecule has 0 spiro atoms. The van der Waals surface area contributed by atoms with Crippen LogP contribution < -0.4 is 5.32 Å². The smallest absolute Gasteiger partial charge is 0.120 e.